The average Bonchev–Trinajstić information content (AvgIpc) is 3.59. The van der Waals surface area contributed by atoms with Gasteiger partial charge in [0.25, 0.3) is 5.91 Å². The Balaban J connectivity index is 1.66. The maximum Gasteiger partial charge on any atom is 0.417 e. The minimum Gasteiger partial charge on any atom is -0.494 e. The summed E-state index contributed by atoms with van der Waals surface area (Å²) in [6, 6.07) is 12.8. The van der Waals surface area contributed by atoms with E-state index in [1.165, 1.54) is 33.0 Å². The van der Waals surface area contributed by atoms with Crippen LogP contribution in [0, 0.1) is 0 Å². The van der Waals surface area contributed by atoms with Crippen molar-refractivity contribution in [2.45, 2.75) is 18.9 Å². The Labute approximate surface area is 340 Å². The summed E-state index contributed by atoms with van der Waals surface area (Å²) in [6.07, 6.45) is -6.85. The molecule has 0 radical (unpaired) electrons. The smallest absolute Gasteiger partial charge is 0.417 e. The zero-order chi connectivity index (χ0) is 42.0. The third-order valence-electron chi connectivity index (χ3n) is 8.63. The van der Waals surface area contributed by atoms with Crippen molar-refractivity contribution in [2.75, 3.05) is 68.0 Å². The molecule has 58 heavy (non-hydrogen) atoms. The van der Waals surface area contributed by atoms with Gasteiger partial charge in [-0.15, -0.1) is 0 Å². The number of aromatic nitrogens is 2. The molecule has 3 aromatic carbocycles. The molecule has 1 aliphatic rings. The molecular weight excluding hydrogens is 889 g/mol. The molecule has 312 valence electrons. The molecule has 0 fully saturated rings. The first-order valence-electron chi connectivity index (χ1n) is 17.6. The number of nitrogens with two attached hydrogens (primary N) is 1. The van der Waals surface area contributed by atoms with Crippen LogP contribution in [0.2, 0.25) is 0 Å². The van der Waals surface area contributed by atoms with Gasteiger partial charge in [0.1, 0.15) is 15.2 Å². The first kappa shape index (κ1) is 44.3. The number of rotatable bonds is 18. The van der Waals surface area contributed by atoms with Gasteiger partial charge in [0.15, 0.2) is 17.3 Å². The van der Waals surface area contributed by atoms with Gasteiger partial charge in [-0.05, 0) is 80.9 Å². The van der Waals surface area contributed by atoms with Crippen molar-refractivity contribution in [1.82, 2.24) is 14.9 Å². The third-order valence-corrected chi connectivity index (χ3v) is 11.5. The van der Waals surface area contributed by atoms with E-state index in [1.807, 2.05) is 0 Å². The van der Waals surface area contributed by atoms with Crippen LogP contribution < -0.4 is 20.5 Å². The van der Waals surface area contributed by atoms with E-state index < -0.39 is 49.8 Å². The Hall–Kier alpha value is -4.76. The highest BCUT2D eigenvalue weighted by molar-refractivity contribution is 14.2. The van der Waals surface area contributed by atoms with Gasteiger partial charge >= 0.3 is 12.4 Å². The van der Waals surface area contributed by atoms with E-state index in [2.05, 4.69) is 5.32 Å². The largest absolute Gasteiger partial charge is 0.494 e. The first-order valence-corrected chi connectivity index (χ1v) is 19.8. The van der Waals surface area contributed by atoms with E-state index in [9.17, 15) is 31.1 Å². The molecule has 1 amide bonds. The second-order valence-corrected chi connectivity index (χ2v) is 15.0. The molecule has 0 bridgehead atoms. The Bertz CT molecular complexity index is 2170. The highest BCUT2D eigenvalue weighted by Crippen LogP contribution is 2.46. The highest BCUT2D eigenvalue weighted by atomic mass is 127. The number of amides is 1. The molecule has 1 aromatic heterocycles. The van der Waals surface area contributed by atoms with E-state index in [-0.39, 0.29) is 43.2 Å². The topological polar surface area (TPSA) is 128 Å². The molecule has 1 aliphatic heterocycles. The molecule has 4 aromatic rings. The lowest BCUT2D eigenvalue weighted by Gasteiger charge is -2.19. The van der Waals surface area contributed by atoms with Crippen LogP contribution in [0.1, 0.15) is 32.7 Å². The summed E-state index contributed by atoms with van der Waals surface area (Å²) >= 11 is -1.18. The number of nitrogens with zero attached hydrogens (tertiary/aromatic N) is 2. The van der Waals surface area contributed by atoms with Gasteiger partial charge in [-0.3, -0.25) is 4.79 Å². The molecule has 0 aliphatic carbocycles. The summed E-state index contributed by atoms with van der Waals surface area (Å²) in [6.45, 7) is 1.88. The monoisotopic (exact) mass is 930 g/mol. The van der Waals surface area contributed by atoms with Gasteiger partial charge in [0, 0.05) is 47.0 Å². The van der Waals surface area contributed by atoms with Crippen LogP contribution in [0.3, 0.4) is 0 Å². The predicted molar refractivity (Wildman–Crippen MR) is 214 cm³/mol. The number of nitrogens with one attached hydrogen (secondary N) is 1. The van der Waals surface area contributed by atoms with E-state index in [0.29, 0.717) is 79.3 Å². The fourth-order valence-electron chi connectivity index (χ4n) is 5.89. The van der Waals surface area contributed by atoms with E-state index in [4.69, 9.17) is 39.1 Å². The van der Waals surface area contributed by atoms with Crippen molar-refractivity contribution < 1.29 is 59.6 Å². The Morgan fingerprint density at radius 1 is 0.793 bits per heavy atom. The summed E-state index contributed by atoms with van der Waals surface area (Å²) in [4.78, 5) is 17.7. The first-order chi connectivity index (χ1) is 27.7. The van der Waals surface area contributed by atoms with Crippen molar-refractivity contribution in [1.29, 1.82) is 0 Å². The quantitative estimate of drug-likeness (QED) is 0.0587. The molecule has 2 heterocycles. The molecule has 0 spiro atoms. The van der Waals surface area contributed by atoms with Crippen LogP contribution in [-0.2, 0) is 37.8 Å². The van der Waals surface area contributed by atoms with E-state index in [1.54, 1.807) is 54.6 Å². The number of methoxy groups -OCH3 is 4. The van der Waals surface area contributed by atoms with E-state index >= 15 is 0 Å². The highest BCUT2D eigenvalue weighted by Gasteiger charge is 2.40. The molecule has 0 unspecified atom stereocenters. The van der Waals surface area contributed by atoms with Crippen LogP contribution in [0.15, 0.2) is 78.6 Å². The lowest BCUT2D eigenvalue weighted by atomic mass is 10.0. The van der Waals surface area contributed by atoms with E-state index in [0.717, 1.165) is 6.07 Å². The van der Waals surface area contributed by atoms with Crippen molar-refractivity contribution in [2.24, 2.45) is 5.73 Å². The van der Waals surface area contributed by atoms with Crippen molar-refractivity contribution in [3.8, 4) is 34.1 Å². The molecule has 0 atom stereocenters. The number of carbonyl (C=O) groups is 1. The number of hydrogen-bond acceptors (Lipinski definition) is 9. The fourth-order valence-corrected chi connectivity index (χ4v) is 8.29. The minimum absolute atomic E-state index is 0.0927. The molecule has 5 rings (SSSR count). The third kappa shape index (κ3) is 10.6. The number of benzene rings is 3. The van der Waals surface area contributed by atoms with Crippen LogP contribution >= 0.6 is 20.7 Å². The number of ether oxygens (including phenoxy) is 6. The number of carbonyl (C=O) groups excluding carboxylic acids is 1. The Morgan fingerprint density at radius 3 is 2.12 bits per heavy atom. The van der Waals surface area contributed by atoms with Gasteiger partial charge in [-0.2, -0.15) is 26.3 Å². The number of hydrogen-bond donors (Lipinski definition) is 2. The average molecular weight is 931 g/mol. The Morgan fingerprint density at radius 2 is 1.50 bits per heavy atom. The molecule has 18 heteroatoms. The summed E-state index contributed by atoms with van der Waals surface area (Å²) in [5.41, 5.74) is 3.76. The molecule has 0 saturated heterocycles. The predicted octanol–water partition coefficient (Wildman–Crippen LogP) is 7.67. The van der Waals surface area contributed by atoms with Gasteiger partial charge in [0.05, 0.1) is 64.6 Å². The molecular formula is C40H41F6IN4O7. The lowest BCUT2D eigenvalue weighted by molar-refractivity contribution is -0.142. The van der Waals surface area contributed by atoms with Gasteiger partial charge in [-0.1, -0.05) is 18.2 Å². The standard InChI is InChI=1S/C40H41F6IN4O7/c1-53-31-13-9-26(21-33(31)55-3)35-34(30-12-14-32(54-2)36(47-30)56-4)50-37(28-11-10-27(39(41,42)43)22-29(28)40(44,45)46)51(35)23-24-5-7-25(8-6-24)38(52)49-16-18-58-20-19-57-17-15-48/h5-14,21-22H,15-20,23,48H2,1-4H3,(H,49,52). The van der Waals surface area contributed by atoms with Crippen LogP contribution in [0.5, 0.6) is 11.5 Å². The normalized spacial score (nSPS) is 13.3. The minimum atomic E-state index is -5.19. The van der Waals surface area contributed by atoms with Gasteiger partial charge in [-0.25, -0.2) is 4.98 Å². The second-order valence-electron chi connectivity index (χ2n) is 12.3. The van der Waals surface area contributed by atoms with Crippen LogP contribution in [0.4, 0.5) is 26.3 Å². The summed E-state index contributed by atoms with van der Waals surface area (Å²) in [7, 11) is 5.83. The van der Waals surface area contributed by atoms with Crippen LogP contribution in [-0.4, -0.2) is 87.1 Å². The second kappa shape index (κ2) is 19.8. The molecule has 11 nitrogen and oxygen atoms in total. The maximum atomic E-state index is 14.8. The van der Waals surface area contributed by atoms with Crippen molar-refractivity contribution in [3.05, 3.63) is 107 Å². The number of halogens is 7. The number of allylic oxidation sites excluding steroid dienone is 2. The van der Waals surface area contributed by atoms with Crippen LogP contribution in [0.25, 0.3) is 26.2 Å². The zero-order valence-electron chi connectivity index (χ0n) is 31.9. The molecule has 0 saturated carbocycles. The maximum absolute atomic E-state index is 14.8. The Kier molecular flexibility index (Phi) is 15.1. The van der Waals surface area contributed by atoms with Crippen molar-refractivity contribution in [3.63, 3.8) is 0 Å². The van der Waals surface area contributed by atoms with Gasteiger partial charge in [0.2, 0.25) is 0 Å². The summed E-state index contributed by atoms with van der Waals surface area (Å²) in [5.74, 6) is 0.529. The summed E-state index contributed by atoms with van der Waals surface area (Å²) < 4.78 is 121. The van der Waals surface area contributed by atoms with Crippen molar-refractivity contribution >= 4 is 33.9 Å². The zero-order valence-corrected chi connectivity index (χ0v) is 34.0. The van der Waals surface area contributed by atoms with Gasteiger partial charge < -0.3 is 44.0 Å². The molecule has 3 N–H and O–H groups in total. The lowest BCUT2D eigenvalue weighted by Crippen LogP contribution is -2.27. The number of imidazole rings is 1. The fraction of sp³-hybridized carbons (Fsp3) is 0.325. The summed E-state index contributed by atoms with van der Waals surface area (Å²) in [5, 5.41) is 2.76. The SMILES string of the molecule is COC1=CC=C(c2nc(-c3ccc(C(F)(F)F)cc3C(F)(F)F)n(Cc3ccc(C(=O)NCCOCCOCCN)cc3)c2-c2ccc(OC)c(OC)c2)I=C1OC. The number of alkyl halides is 6.